The van der Waals surface area contributed by atoms with Gasteiger partial charge in [0.25, 0.3) is 5.69 Å². The molecule has 0 saturated carbocycles. The van der Waals surface area contributed by atoms with Gasteiger partial charge in [0, 0.05) is 0 Å². The molecule has 0 aliphatic heterocycles. The van der Waals surface area contributed by atoms with E-state index in [2.05, 4.69) is 0 Å². The number of rotatable bonds is 3. The zero-order valence-corrected chi connectivity index (χ0v) is 10.2. The second-order valence-corrected chi connectivity index (χ2v) is 3.31. The third-order valence-electron chi connectivity index (χ3n) is 1.94. The number of carboxylic acids is 1. The highest BCUT2D eigenvalue weighted by Crippen LogP contribution is 2.31. The summed E-state index contributed by atoms with van der Waals surface area (Å²) in [6, 6.07) is 2.15. The van der Waals surface area contributed by atoms with Gasteiger partial charge in [-0.1, -0.05) is 11.6 Å². The Morgan fingerprint density at radius 1 is 1.56 bits per heavy atom. The number of hydrazine groups is 1. The summed E-state index contributed by atoms with van der Waals surface area (Å²) in [5.74, 6) is 2.94. The molecule has 0 saturated heterocycles. The quantitative estimate of drug-likeness (QED) is 0.216. The number of carbonyl (C=O) groups is 1. The van der Waals surface area contributed by atoms with Crippen LogP contribution in [-0.2, 0) is 0 Å². The second-order valence-electron chi connectivity index (χ2n) is 2.90. The van der Waals surface area contributed by atoms with Gasteiger partial charge in [0.2, 0.25) is 0 Å². The van der Waals surface area contributed by atoms with Gasteiger partial charge in [-0.25, -0.2) is 10.6 Å². The minimum Gasteiger partial charge on any atom is -0.478 e. The van der Waals surface area contributed by atoms with Crippen molar-refractivity contribution in [2.24, 2.45) is 5.84 Å². The number of benzene rings is 1. The number of carboxylic acid groups (broad SMARTS) is 1. The maximum absolute atomic E-state index is 10.9. The number of hydrogen-bond donors (Lipinski definition) is 4. The summed E-state index contributed by atoms with van der Waals surface area (Å²) in [6.07, 6.45) is 0. The van der Waals surface area contributed by atoms with Gasteiger partial charge >= 0.3 is 5.97 Å². The molecule has 0 aliphatic carbocycles. The van der Waals surface area contributed by atoms with Crippen molar-refractivity contribution in [2.45, 2.75) is 0 Å². The summed E-state index contributed by atoms with van der Waals surface area (Å²) in [5.41, 5.74) is 0.297. The van der Waals surface area contributed by atoms with Crippen molar-refractivity contribution in [3.63, 3.8) is 0 Å². The molecule has 1 aromatic carbocycles. The van der Waals surface area contributed by atoms with Crippen LogP contribution in [0.5, 0.6) is 0 Å². The van der Waals surface area contributed by atoms with Crippen molar-refractivity contribution in [1.29, 1.82) is 5.41 Å². The standard InChI is InChI=1S/C8H7ClN4O4.ClH/c9-4-2-1-3(8(14)15)5(7(10)12-11)6(4)13(16)17;/h1-2H,11H2,(H2,10,12)(H,14,15);1H. The Hall–Kier alpha value is -1.90. The number of aromatic carboxylic acids is 1. The maximum Gasteiger partial charge on any atom is 0.336 e. The first-order chi connectivity index (χ1) is 7.90. The first-order valence-electron chi connectivity index (χ1n) is 4.15. The van der Waals surface area contributed by atoms with Gasteiger partial charge in [-0.2, -0.15) is 0 Å². The van der Waals surface area contributed by atoms with Gasteiger partial charge in [0.05, 0.1) is 10.5 Å². The molecule has 0 bridgehead atoms. The fourth-order valence-corrected chi connectivity index (χ4v) is 1.47. The Morgan fingerprint density at radius 2 is 2.11 bits per heavy atom. The molecule has 0 unspecified atom stereocenters. The molecule has 0 aliphatic rings. The van der Waals surface area contributed by atoms with Crippen LogP contribution in [0.4, 0.5) is 5.69 Å². The molecule has 0 heterocycles. The van der Waals surface area contributed by atoms with Crippen molar-refractivity contribution in [3.05, 3.63) is 38.4 Å². The molecule has 1 aromatic rings. The molecule has 10 heteroatoms. The van der Waals surface area contributed by atoms with E-state index in [9.17, 15) is 14.9 Å². The van der Waals surface area contributed by atoms with E-state index in [0.717, 1.165) is 12.1 Å². The van der Waals surface area contributed by atoms with E-state index >= 15 is 0 Å². The van der Waals surface area contributed by atoms with Crippen LogP contribution in [0.3, 0.4) is 0 Å². The van der Waals surface area contributed by atoms with E-state index in [1.165, 1.54) is 0 Å². The van der Waals surface area contributed by atoms with Crippen molar-refractivity contribution < 1.29 is 14.8 Å². The molecule has 0 amide bonds. The lowest BCUT2D eigenvalue weighted by Crippen LogP contribution is -2.32. The average Bonchev–Trinajstić information content (AvgIpc) is 2.26. The lowest BCUT2D eigenvalue weighted by molar-refractivity contribution is -0.384. The third-order valence-corrected chi connectivity index (χ3v) is 2.24. The van der Waals surface area contributed by atoms with Crippen molar-refractivity contribution >= 4 is 41.5 Å². The third kappa shape index (κ3) is 2.86. The molecule has 0 radical (unpaired) electrons. The molecule has 0 atom stereocenters. The van der Waals surface area contributed by atoms with E-state index in [1.807, 2.05) is 5.43 Å². The van der Waals surface area contributed by atoms with E-state index in [-0.39, 0.29) is 17.4 Å². The summed E-state index contributed by atoms with van der Waals surface area (Å²) in [7, 11) is 0. The Labute approximate surface area is 112 Å². The Bertz CT molecular complexity index is 520. The molecular formula is C8H8Cl2N4O4. The van der Waals surface area contributed by atoms with Gasteiger partial charge in [-0.15, -0.1) is 12.4 Å². The van der Waals surface area contributed by atoms with E-state index in [4.69, 9.17) is 28.0 Å². The highest BCUT2D eigenvalue weighted by molar-refractivity contribution is 6.34. The highest BCUT2D eigenvalue weighted by atomic mass is 35.5. The topological polar surface area (TPSA) is 142 Å². The van der Waals surface area contributed by atoms with Gasteiger partial charge in [0.1, 0.15) is 16.4 Å². The molecule has 98 valence electrons. The normalized spacial score (nSPS) is 9.22. The lowest BCUT2D eigenvalue weighted by atomic mass is 10.0. The lowest BCUT2D eigenvalue weighted by Gasteiger charge is -2.08. The van der Waals surface area contributed by atoms with E-state index < -0.39 is 33.5 Å². The SMILES string of the molecule is Cl.N=C(NN)c1c(C(=O)O)ccc(Cl)c1[N+](=O)[O-]. The first-order valence-corrected chi connectivity index (χ1v) is 4.53. The summed E-state index contributed by atoms with van der Waals surface area (Å²) < 4.78 is 0. The smallest absolute Gasteiger partial charge is 0.336 e. The molecule has 0 spiro atoms. The number of halogens is 2. The van der Waals surface area contributed by atoms with Crippen LogP contribution in [0, 0.1) is 15.5 Å². The summed E-state index contributed by atoms with van der Waals surface area (Å²) in [4.78, 5) is 20.8. The number of nitrogens with zero attached hydrogens (tertiary/aromatic N) is 1. The molecule has 5 N–H and O–H groups in total. The summed E-state index contributed by atoms with van der Waals surface area (Å²) in [6.45, 7) is 0. The Kier molecular flexibility index (Phi) is 5.50. The highest BCUT2D eigenvalue weighted by Gasteiger charge is 2.27. The van der Waals surface area contributed by atoms with Crippen LogP contribution >= 0.6 is 24.0 Å². The number of nitrogens with one attached hydrogen (secondary N) is 2. The van der Waals surface area contributed by atoms with Crippen molar-refractivity contribution in [2.75, 3.05) is 0 Å². The molecule has 0 aromatic heterocycles. The second kappa shape index (κ2) is 6.15. The van der Waals surface area contributed by atoms with Crippen LogP contribution < -0.4 is 11.3 Å². The zero-order chi connectivity index (χ0) is 13.2. The number of amidine groups is 1. The van der Waals surface area contributed by atoms with Gasteiger partial charge in [-0.05, 0) is 12.1 Å². The van der Waals surface area contributed by atoms with Crippen LogP contribution in [0.2, 0.25) is 5.02 Å². The van der Waals surface area contributed by atoms with E-state index in [1.54, 1.807) is 0 Å². The first kappa shape index (κ1) is 16.1. The Morgan fingerprint density at radius 3 is 2.50 bits per heavy atom. The number of nitro benzene ring substituents is 1. The monoisotopic (exact) mass is 294 g/mol. The minimum absolute atomic E-state index is 0. The van der Waals surface area contributed by atoms with Crippen molar-refractivity contribution in [3.8, 4) is 0 Å². The minimum atomic E-state index is -1.42. The molecule has 8 nitrogen and oxygen atoms in total. The largest absolute Gasteiger partial charge is 0.478 e. The van der Waals surface area contributed by atoms with Crippen LogP contribution in [0.25, 0.3) is 0 Å². The van der Waals surface area contributed by atoms with Crippen LogP contribution in [0.1, 0.15) is 15.9 Å². The Balaban J connectivity index is 0.00000289. The maximum atomic E-state index is 10.9. The molecule has 0 fully saturated rings. The zero-order valence-electron chi connectivity index (χ0n) is 8.64. The predicted octanol–water partition coefficient (Wildman–Crippen LogP) is 1.16. The van der Waals surface area contributed by atoms with Gasteiger partial charge in [-0.3, -0.25) is 15.5 Å². The fraction of sp³-hybridized carbons (Fsp3) is 0. The van der Waals surface area contributed by atoms with Gasteiger partial charge < -0.3 is 10.5 Å². The summed E-state index contributed by atoms with van der Waals surface area (Å²) >= 11 is 5.60. The van der Waals surface area contributed by atoms with E-state index in [0.29, 0.717) is 0 Å². The number of hydrogen-bond acceptors (Lipinski definition) is 5. The number of nitro groups is 1. The molecule has 1 rings (SSSR count). The van der Waals surface area contributed by atoms with Gasteiger partial charge in [0.15, 0.2) is 0 Å². The molecule has 18 heavy (non-hydrogen) atoms. The van der Waals surface area contributed by atoms with Crippen molar-refractivity contribution in [1.82, 2.24) is 5.43 Å². The fourth-order valence-electron chi connectivity index (χ4n) is 1.25. The van der Waals surface area contributed by atoms with Crippen LogP contribution in [0.15, 0.2) is 12.1 Å². The summed E-state index contributed by atoms with van der Waals surface area (Å²) in [5, 5.41) is 26.8. The average molecular weight is 295 g/mol. The number of nitrogens with two attached hydrogens (primary N) is 1. The predicted molar refractivity (Wildman–Crippen MR) is 66.5 cm³/mol. The molecular weight excluding hydrogens is 287 g/mol. The van der Waals surface area contributed by atoms with Crippen LogP contribution in [-0.4, -0.2) is 21.8 Å².